The molecule has 0 unspecified atom stereocenters. The minimum atomic E-state index is -4.38. The molecular weight excluding hydrogens is 463 g/mol. The number of aromatic nitrogens is 2. The van der Waals surface area contributed by atoms with E-state index in [2.05, 4.69) is 16.0 Å². The number of rotatable bonds is 4. The average molecular weight is 490 g/mol. The summed E-state index contributed by atoms with van der Waals surface area (Å²) in [6, 6.07) is 10.7. The molecule has 0 bridgehead atoms. The van der Waals surface area contributed by atoms with Crippen molar-refractivity contribution in [1.29, 1.82) is 0 Å². The highest BCUT2D eigenvalue weighted by Gasteiger charge is 2.31. The molecule has 1 amide bonds. The topological polar surface area (TPSA) is 52.6 Å². The van der Waals surface area contributed by atoms with Crippen LogP contribution in [0.15, 0.2) is 42.6 Å². The lowest BCUT2D eigenvalue weighted by molar-refractivity contribution is -0.137. The van der Waals surface area contributed by atoms with Gasteiger partial charge in [-0.05, 0) is 37.1 Å². The van der Waals surface area contributed by atoms with Gasteiger partial charge in [-0.2, -0.15) is 13.2 Å². The lowest BCUT2D eigenvalue weighted by Gasteiger charge is -2.37. The molecule has 6 nitrogen and oxygen atoms in total. The van der Waals surface area contributed by atoms with Gasteiger partial charge in [-0.1, -0.05) is 12.1 Å². The van der Waals surface area contributed by atoms with E-state index in [1.165, 1.54) is 15.8 Å². The van der Waals surface area contributed by atoms with Gasteiger partial charge in [0.15, 0.2) is 0 Å². The standard InChI is InChI=1S/C24H26F3N5OS/c25-24(26,27)18-5-6-21(28-15-18)31-13-11-30(12-14-31)16-22(33)32-9-7-17(8-10-32)23-29-19-3-1-2-4-20(19)34-23/h1-6,15,17H,7-14,16H2. The molecule has 5 rings (SSSR count). The molecule has 0 spiro atoms. The second-order valence-electron chi connectivity index (χ2n) is 8.84. The SMILES string of the molecule is O=C(CN1CCN(c2ccc(C(F)(F)F)cn2)CC1)N1CCC(c2nc3ccccc3s2)CC1. The molecule has 2 aromatic heterocycles. The smallest absolute Gasteiger partial charge is 0.354 e. The van der Waals surface area contributed by atoms with Gasteiger partial charge < -0.3 is 9.80 Å². The molecule has 0 aliphatic carbocycles. The van der Waals surface area contributed by atoms with Gasteiger partial charge in [0.2, 0.25) is 5.91 Å². The molecule has 0 N–H and O–H groups in total. The fourth-order valence-corrected chi connectivity index (χ4v) is 5.74. The summed E-state index contributed by atoms with van der Waals surface area (Å²) in [7, 11) is 0. The van der Waals surface area contributed by atoms with Crippen LogP contribution in [0, 0.1) is 0 Å². The first kappa shape index (κ1) is 23.0. The number of thiazole rings is 1. The van der Waals surface area contributed by atoms with Crippen LogP contribution >= 0.6 is 11.3 Å². The highest BCUT2D eigenvalue weighted by Crippen LogP contribution is 2.34. The van der Waals surface area contributed by atoms with Crippen molar-refractivity contribution in [2.24, 2.45) is 0 Å². The van der Waals surface area contributed by atoms with Crippen LogP contribution in [-0.2, 0) is 11.0 Å². The van der Waals surface area contributed by atoms with Crippen LogP contribution in [-0.4, -0.2) is 71.5 Å². The van der Waals surface area contributed by atoms with Gasteiger partial charge >= 0.3 is 6.18 Å². The maximum atomic E-state index is 12.9. The molecule has 10 heteroatoms. The summed E-state index contributed by atoms with van der Waals surface area (Å²) < 4.78 is 39.4. The average Bonchev–Trinajstić information content (AvgIpc) is 3.29. The summed E-state index contributed by atoms with van der Waals surface area (Å²) in [6.45, 7) is 4.48. The number of pyridine rings is 1. The predicted molar refractivity (Wildman–Crippen MR) is 126 cm³/mol. The van der Waals surface area contributed by atoms with Crippen LogP contribution in [0.5, 0.6) is 0 Å². The Hall–Kier alpha value is -2.72. The molecule has 2 fully saturated rings. The lowest BCUT2D eigenvalue weighted by Crippen LogP contribution is -2.51. The van der Waals surface area contributed by atoms with Crippen molar-refractivity contribution in [1.82, 2.24) is 19.8 Å². The van der Waals surface area contributed by atoms with E-state index in [0.29, 0.717) is 44.5 Å². The van der Waals surface area contributed by atoms with Crippen molar-refractivity contribution in [2.75, 3.05) is 50.7 Å². The molecule has 34 heavy (non-hydrogen) atoms. The number of piperazine rings is 1. The van der Waals surface area contributed by atoms with Crippen LogP contribution in [0.3, 0.4) is 0 Å². The molecule has 2 aliphatic rings. The van der Waals surface area contributed by atoms with E-state index in [1.807, 2.05) is 28.0 Å². The van der Waals surface area contributed by atoms with Gasteiger partial charge in [-0.15, -0.1) is 11.3 Å². The molecule has 3 aromatic rings. The third kappa shape index (κ3) is 5.02. The Bertz CT molecular complexity index is 1100. The number of para-hydroxylation sites is 1. The quantitative estimate of drug-likeness (QED) is 0.549. The largest absolute Gasteiger partial charge is 0.417 e. The Kier molecular flexibility index (Phi) is 6.44. The number of carbonyl (C=O) groups is 1. The summed E-state index contributed by atoms with van der Waals surface area (Å²) in [5.74, 6) is 1.08. The predicted octanol–water partition coefficient (Wildman–Crippen LogP) is 4.24. The van der Waals surface area contributed by atoms with Gasteiger partial charge in [-0.25, -0.2) is 9.97 Å². The minimum absolute atomic E-state index is 0.142. The van der Waals surface area contributed by atoms with Gasteiger partial charge in [0, 0.05) is 51.4 Å². The Labute approximate surface area is 200 Å². The normalized spacial score (nSPS) is 18.6. The zero-order valence-electron chi connectivity index (χ0n) is 18.7. The molecule has 0 radical (unpaired) electrons. The molecule has 2 aliphatic heterocycles. The molecule has 0 saturated carbocycles. The maximum absolute atomic E-state index is 12.9. The first-order valence-electron chi connectivity index (χ1n) is 11.5. The second kappa shape index (κ2) is 9.50. The summed E-state index contributed by atoms with van der Waals surface area (Å²) in [5, 5.41) is 1.17. The number of anilines is 1. The zero-order valence-corrected chi connectivity index (χ0v) is 19.5. The van der Waals surface area contributed by atoms with Crippen molar-refractivity contribution in [3.05, 3.63) is 53.2 Å². The molecule has 1 aromatic carbocycles. The van der Waals surface area contributed by atoms with E-state index in [4.69, 9.17) is 4.98 Å². The van der Waals surface area contributed by atoms with Crippen molar-refractivity contribution < 1.29 is 18.0 Å². The lowest BCUT2D eigenvalue weighted by atomic mass is 9.97. The maximum Gasteiger partial charge on any atom is 0.417 e. The monoisotopic (exact) mass is 489 g/mol. The summed E-state index contributed by atoms with van der Waals surface area (Å²) >= 11 is 1.75. The number of hydrogen-bond donors (Lipinski definition) is 0. The van der Waals surface area contributed by atoms with E-state index in [-0.39, 0.29) is 5.91 Å². The Balaban J connectivity index is 1.09. The number of alkyl halides is 3. The highest BCUT2D eigenvalue weighted by molar-refractivity contribution is 7.18. The van der Waals surface area contributed by atoms with Crippen molar-refractivity contribution in [2.45, 2.75) is 24.9 Å². The molecular formula is C24H26F3N5OS. The van der Waals surface area contributed by atoms with Crippen LogP contribution in [0.1, 0.15) is 29.3 Å². The summed E-state index contributed by atoms with van der Waals surface area (Å²) in [4.78, 5) is 27.7. The van der Waals surface area contributed by atoms with Crippen LogP contribution < -0.4 is 4.90 Å². The van der Waals surface area contributed by atoms with Gasteiger partial charge in [0.25, 0.3) is 0 Å². The van der Waals surface area contributed by atoms with Crippen LogP contribution in [0.2, 0.25) is 0 Å². The van der Waals surface area contributed by atoms with E-state index in [9.17, 15) is 18.0 Å². The third-order valence-corrected chi connectivity index (χ3v) is 7.84. The van der Waals surface area contributed by atoms with Crippen LogP contribution in [0.4, 0.5) is 19.0 Å². The number of hydrogen-bond acceptors (Lipinski definition) is 6. The minimum Gasteiger partial charge on any atom is -0.354 e. The Morgan fingerprint density at radius 2 is 1.74 bits per heavy atom. The summed E-state index contributed by atoms with van der Waals surface area (Å²) in [5.41, 5.74) is 0.305. The van der Waals surface area contributed by atoms with Crippen molar-refractivity contribution >= 4 is 33.3 Å². The number of benzene rings is 1. The fraction of sp³-hybridized carbons (Fsp3) is 0.458. The number of likely N-dealkylation sites (tertiary alicyclic amines) is 1. The first-order valence-corrected chi connectivity index (χ1v) is 12.3. The number of carbonyl (C=O) groups excluding carboxylic acids is 1. The highest BCUT2D eigenvalue weighted by atomic mass is 32.1. The van der Waals surface area contributed by atoms with Gasteiger partial charge in [0.05, 0.1) is 27.3 Å². The molecule has 2 saturated heterocycles. The van der Waals surface area contributed by atoms with Crippen molar-refractivity contribution in [3.8, 4) is 0 Å². The number of amides is 1. The number of nitrogens with zero attached hydrogens (tertiary/aromatic N) is 5. The second-order valence-corrected chi connectivity index (χ2v) is 9.90. The molecule has 0 atom stereocenters. The zero-order chi connectivity index (χ0) is 23.7. The molecule has 4 heterocycles. The Morgan fingerprint density at radius 1 is 1.00 bits per heavy atom. The number of halogens is 3. The Morgan fingerprint density at radius 3 is 2.38 bits per heavy atom. The van der Waals surface area contributed by atoms with E-state index < -0.39 is 11.7 Å². The van der Waals surface area contributed by atoms with Crippen molar-refractivity contribution in [3.63, 3.8) is 0 Å². The van der Waals surface area contributed by atoms with Gasteiger partial charge in [0.1, 0.15) is 5.82 Å². The number of fused-ring (bicyclic) bond motifs is 1. The van der Waals surface area contributed by atoms with Gasteiger partial charge in [-0.3, -0.25) is 9.69 Å². The van der Waals surface area contributed by atoms with E-state index in [0.717, 1.165) is 43.7 Å². The van der Waals surface area contributed by atoms with E-state index >= 15 is 0 Å². The third-order valence-electron chi connectivity index (χ3n) is 6.64. The number of piperidine rings is 1. The summed E-state index contributed by atoms with van der Waals surface area (Å²) in [6.07, 6.45) is -1.64. The van der Waals surface area contributed by atoms with E-state index in [1.54, 1.807) is 11.3 Å². The fourth-order valence-electron chi connectivity index (χ4n) is 4.61. The molecule has 180 valence electrons. The first-order chi connectivity index (χ1) is 16.4. The van der Waals surface area contributed by atoms with Crippen LogP contribution in [0.25, 0.3) is 10.2 Å².